The van der Waals surface area contributed by atoms with Crippen LogP contribution >= 0.6 is 24.0 Å². The molecule has 0 radical (unpaired) electrons. The van der Waals surface area contributed by atoms with Gasteiger partial charge in [-0.05, 0) is 25.1 Å². The van der Waals surface area contributed by atoms with E-state index in [-0.39, 0.29) is 12.3 Å². The minimum absolute atomic E-state index is 0.0270. The molecular weight excluding hydrogens is 398 g/mol. The van der Waals surface area contributed by atoms with Crippen molar-refractivity contribution in [3.63, 3.8) is 0 Å². The fraction of sp³-hybridized carbons (Fsp3) is 0.263. The zero-order valence-electron chi connectivity index (χ0n) is 15.1. The van der Waals surface area contributed by atoms with Crippen molar-refractivity contribution in [2.45, 2.75) is 12.2 Å². The minimum Gasteiger partial charge on any atom is -0.463 e. The summed E-state index contributed by atoms with van der Waals surface area (Å²) in [7, 11) is 0. The first kappa shape index (κ1) is 20.1. The van der Waals surface area contributed by atoms with Crippen LogP contribution in [0.15, 0.2) is 48.5 Å². The Balaban J connectivity index is 1.58. The molecule has 0 aliphatic carbocycles. The lowest BCUT2D eigenvalue weighted by molar-refractivity contribution is -0.384. The van der Waals surface area contributed by atoms with E-state index in [9.17, 15) is 14.9 Å². The van der Waals surface area contributed by atoms with Crippen molar-refractivity contribution in [2.75, 3.05) is 24.6 Å². The van der Waals surface area contributed by atoms with Gasteiger partial charge in [0.15, 0.2) is 5.25 Å². The number of carbonyl (C=O) groups excluding carboxylic acids is 1. The maximum atomic E-state index is 12.3. The molecule has 0 N–H and O–H groups in total. The average Bonchev–Trinajstić information content (AvgIpc) is 3.14. The third-order valence-corrected chi connectivity index (χ3v) is 5.89. The molecule has 9 heteroatoms. The number of para-hydroxylation sites is 1. The number of rotatable bonds is 8. The molecule has 0 aliphatic rings. The van der Waals surface area contributed by atoms with Gasteiger partial charge in [0, 0.05) is 24.4 Å². The van der Waals surface area contributed by atoms with E-state index in [1.54, 1.807) is 12.1 Å². The standard InChI is InChI=1S/C19H19N3O4S2/c1-2-21(13-6-5-7-14(12-13)22(24)25)10-11-26-19(23)17(27)18-20-15-8-3-4-9-16(15)28-18/h3-9,12,17,27H,2,10-11H2,1H3. The largest absolute Gasteiger partial charge is 0.463 e. The van der Waals surface area contributed by atoms with E-state index in [1.165, 1.54) is 23.5 Å². The molecule has 0 fully saturated rings. The third-order valence-electron chi connectivity index (χ3n) is 4.16. The van der Waals surface area contributed by atoms with E-state index in [0.717, 1.165) is 10.2 Å². The molecule has 1 atom stereocenters. The van der Waals surface area contributed by atoms with Gasteiger partial charge in [-0.15, -0.1) is 11.3 Å². The molecule has 0 amide bonds. The second-order valence-corrected chi connectivity index (χ2v) is 7.53. The van der Waals surface area contributed by atoms with Crippen LogP contribution in [0.1, 0.15) is 17.2 Å². The van der Waals surface area contributed by atoms with Crippen LogP contribution in [0.25, 0.3) is 10.2 Å². The second kappa shape index (κ2) is 9.03. The van der Waals surface area contributed by atoms with Crippen molar-refractivity contribution >= 4 is 51.5 Å². The molecule has 0 aliphatic heterocycles. The van der Waals surface area contributed by atoms with Crippen LogP contribution in [-0.4, -0.2) is 35.6 Å². The number of benzene rings is 2. The highest BCUT2D eigenvalue weighted by Crippen LogP contribution is 2.30. The summed E-state index contributed by atoms with van der Waals surface area (Å²) in [5.74, 6) is -0.461. The SMILES string of the molecule is CCN(CCOC(=O)C(S)c1nc2ccccc2s1)c1cccc([N+](=O)[O-])c1. The molecule has 0 saturated carbocycles. The van der Waals surface area contributed by atoms with Crippen molar-refractivity contribution in [1.82, 2.24) is 4.98 Å². The van der Waals surface area contributed by atoms with E-state index in [2.05, 4.69) is 17.6 Å². The Kier molecular flexibility index (Phi) is 6.48. The molecule has 0 saturated heterocycles. The summed E-state index contributed by atoms with van der Waals surface area (Å²) in [6.07, 6.45) is 0. The van der Waals surface area contributed by atoms with E-state index >= 15 is 0 Å². The molecule has 1 aromatic heterocycles. The van der Waals surface area contributed by atoms with Crippen LogP contribution < -0.4 is 4.90 Å². The second-order valence-electron chi connectivity index (χ2n) is 5.95. The van der Waals surface area contributed by atoms with Crippen LogP contribution in [-0.2, 0) is 9.53 Å². The van der Waals surface area contributed by atoms with Crippen LogP contribution in [0.2, 0.25) is 0 Å². The molecule has 146 valence electrons. The predicted molar refractivity (Wildman–Crippen MR) is 113 cm³/mol. The lowest BCUT2D eigenvalue weighted by Crippen LogP contribution is -2.28. The number of thiazole rings is 1. The van der Waals surface area contributed by atoms with Crippen molar-refractivity contribution in [2.24, 2.45) is 0 Å². The number of nitro benzene ring substituents is 1. The average molecular weight is 418 g/mol. The van der Waals surface area contributed by atoms with Crippen LogP contribution in [0, 0.1) is 10.1 Å². The molecule has 1 heterocycles. The molecule has 28 heavy (non-hydrogen) atoms. The maximum Gasteiger partial charge on any atom is 0.325 e. The van der Waals surface area contributed by atoms with E-state index < -0.39 is 16.1 Å². The summed E-state index contributed by atoms with van der Waals surface area (Å²) >= 11 is 5.78. The highest BCUT2D eigenvalue weighted by Gasteiger charge is 2.22. The van der Waals surface area contributed by atoms with Crippen LogP contribution in [0.4, 0.5) is 11.4 Å². The van der Waals surface area contributed by atoms with Gasteiger partial charge < -0.3 is 9.64 Å². The van der Waals surface area contributed by atoms with Gasteiger partial charge in [0.05, 0.1) is 21.7 Å². The summed E-state index contributed by atoms with van der Waals surface area (Å²) in [6.45, 7) is 3.13. The predicted octanol–water partition coefficient (Wildman–Crippen LogP) is 4.25. The number of anilines is 1. The maximum absolute atomic E-state index is 12.3. The Morgan fingerprint density at radius 1 is 1.32 bits per heavy atom. The summed E-state index contributed by atoms with van der Waals surface area (Å²) in [6, 6.07) is 14.0. The van der Waals surface area contributed by atoms with Crippen molar-refractivity contribution in [1.29, 1.82) is 0 Å². The van der Waals surface area contributed by atoms with Gasteiger partial charge in [0.2, 0.25) is 0 Å². The number of fused-ring (bicyclic) bond motifs is 1. The zero-order valence-corrected chi connectivity index (χ0v) is 16.9. The molecule has 1 unspecified atom stereocenters. The minimum atomic E-state index is -0.745. The van der Waals surface area contributed by atoms with Gasteiger partial charge in [-0.2, -0.15) is 12.6 Å². The van der Waals surface area contributed by atoms with Crippen molar-refractivity contribution in [3.05, 3.63) is 63.7 Å². The normalized spacial score (nSPS) is 11.9. The topological polar surface area (TPSA) is 85.6 Å². The lowest BCUT2D eigenvalue weighted by atomic mass is 10.2. The smallest absolute Gasteiger partial charge is 0.325 e. The number of ether oxygens (including phenoxy) is 1. The van der Waals surface area contributed by atoms with Crippen molar-refractivity contribution < 1.29 is 14.5 Å². The van der Waals surface area contributed by atoms with Crippen LogP contribution in [0.5, 0.6) is 0 Å². The molecule has 0 spiro atoms. The van der Waals surface area contributed by atoms with Gasteiger partial charge in [-0.25, -0.2) is 4.98 Å². The Hall–Kier alpha value is -2.65. The number of likely N-dealkylation sites (N-methyl/N-ethyl adjacent to an activating group) is 1. The Morgan fingerprint density at radius 3 is 2.82 bits per heavy atom. The molecular formula is C19H19N3O4S2. The van der Waals surface area contributed by atoms with Gasteiger partial charge in [-0.3, -0.25) is 14.9 Å². The molecule has 3 aromatic rings. The van der Waals surface area contributed by atoms with Gasteiger partial charge in [-0.1, -0.05) is 18.2 Å². The first-order valence-corrected chi connectivity index (χ1v) is 10.0. The van der Waals surface area contributed by atoms with E-state index in [0.29, 0.717) is 23.8 Å². The number of aromatic nitrogens is 1. The van der Waals surface area contributed by atoms with E-state index in [1.807, 2.05) is 36.1 Å². The summed E-state index contributed by atoms with van der Waals surface area (Å²) in [4.78, 5) is 29.2. The third kappa shape index (κ3) is 4.60. The number of hydrogen-bond acceptors (Lipinski definition) is 8. The molecule has 0 bridgehead atoms. The number of non-ortho nitro benzene ring substituents is 1. The summed E-state index contributed by atoms with van der Waals surface area (Å²) < 4.78 is 6.35. The first-order valence-electron chi connectivity index (χ1n) is 8.69. The number of nitrogens with zero attached hydrogens (tertiary/aromatic N) is 3. The zero-order chi connectivity index (χ0) is 20.1. The van der Waals surface area contributed by atoms with Gasteiger partial charge >= 0.3 is 5.97 Å². The van der Waals surface area contributed by atoms with Crippen LogP contribution in [0.3, 0.4) is 0 Å². The van der Waals surface area contributed by atoms with Gasteiger partial charge in [0.1, 0.15) is 11.6 Å². The highest BCUT2D eigenvalue weighted by molar-refractivity contribution is 7.81. The Morgan fingerprint density at radius 2 is 2.11 bits per heavy atom. The molecule has 7 nitrogen and oxygen atoms in total. The summed E-state index contributed by atoms with van der Waals surface area (Å²) in [5, 5.41) is 10.8. The number of esters is 1. The number of nitro groups is 1. The molecule has 3 rings (SSSR count). The van der Waals surface area contributed by atoms with Gasteiger partial charge in [0.25, 0.3) is 5.69 Å². The highest BCUT2D eigenvalue weighted by atomic mass is 32.1. The Bertz CT molecular complexity index is 959. The fourth-order valence-electron chi connectivity index (χ4n) is 2.72. The quantitative estimate of drug-likeness (QED) is 0.255. The van der Waals surface area contributed by atoms with Crippen molar-refractivity contribution in [3.8, 4) is 0 Å². The fourth-order valence-corrected chi connectivity index (χ4v) is 3.95. The number of carbonyl (C=O) groups is 1. The monoisotopic (exact) mass is 417 g/mol. The number of hydrogen-bond donors (Lipinski definition) is 1. The molecule has 2 aromatic carbocycles. The van der Waals surface area contributed by atoms with E-state index in [4.69, 9.17) is 4.74 Å². The lowest BCUT2D eigenvalue weighted by Gasteiger charge is -2.22. The summed E-state index contributed by atoms with van der Waals surface area (Å²) in [5.41, 5.74) is 1.57. The first-order chi connectivity index (χ1) is 13.5. The number of thiol groups is 1. The Labute approximate surface area is 171 Å².